The third-order valence-electron chi connectivity index (χ3n) is 3.63. The summed E-state index contributed by atoms with van der Waals surface area (Å²) in [5.74, 6) is -2.64. The van der Waals surface area contributed by atoms with Gasteiger partial charge in [-0.3, -0.25) is 10.1 Å². The van der Waals surface area contributed by atoms with Crippen LogP contribution in [0.5, 0.6) is 0 Å². The molecule has 0 saturated carbocycles. The largest absolute Gasteiger partial charge is 0.325 e. The smallest absolute Gasteiger partial charge is 0.262 e. The predicted octanol–water partition coefficient (Wildman–Crippen LogP) is 2.39. The van der Waals surface area contributed by atoms with Crippen molar-refractivity contribution in [1.82, 2.24) is 15.3 Å². The molecule has 7 heteroatoms. The van der Waals surface area contributed by atoms with Crippen LogP contribution >= 0.6 is 0 Å². The van der Waals surface area contributed by atoms with Gasteiger partial charge in [-0.15, -0.1) is 0 Å². The van der Waals surface area contributed by atoms with Gasteiger partial charge in [-0.1, -0.05) is 12.1 Å². The molecule has 2 heterocycles. The predicted molar refractivity (Wildman–Crippen MR) is 82.2 cm³/mol. The highest BCUT2D eigenvalue weighted by Crippen LogP contribution is 2.26. The van der Waals surface area contributed by atoms with Crippen LogP contribution < -0.4 is 10.6 Å². The van der Waals surface area contributed by atoms with Crippen LogP contribution in [-0.2, 0) is 4.79 Å². The van der Waals surface area contributed by atoms with Crippen molar-refractivity contribution in [3.63, 3.8) is 0 Å². The van der Waals surface area contributed by atoms with Gasteiger partial charge >= 0.3 is 0 Å². The molecule has 1 unspecified atom stereocenters. The lowest BCUT2D eigenvalue weighted by atomic mass is 10.1. The second-order valence-corrected chi connectivity index (χ2v) is 5.55. The molecule has 1 aliphatic heterocycles. The second kappa shape index (κ2) is 6.00. The molecule has 3 rings (SSSR count). The van der Waals surface area contributed by atoms with Crippen LogP contribution in [0.1, 0.15) is 12.2 Å². The number of amides is 1. The third kappa shape index (κ3) is 3.68. The zero-order chi connectivity index (χ0) is 16.4. The standard InChI is InChI=1S/C16H16F2N4O/c1-10-19-6-5-13(21-10)11-3-2-4-12(7-11)22-15(23)14-8-16(17,18)9-20-14/h2-7,14,20H,8-9H2,1H3,(H,22,23). The second-order valence-electron chi connectivity index (χ2n) is 5.55. The van der Waals surface area contributed by atoms with E-state index in [0.717, 1.165) is 11.3 Å². The van der Waals surface area contributed by atoms with Gasteiger partial charge in [0.2, 0.25) is 5.91 Å². The van der Waals surface area contributed by atoms with Crippen molar-refractivity contribution in [3.8, 4) is 11.3 Å². The first-order valence-corrected chi connectivity index (χ1v) is 7.25. The molecule has 1 aromatic carbocycles. The van der Waals surface area contributed by atoms with Gasteiger partial charge < -0.3 is 5.32 Å². The molecule has 0 radical (unpaired) electrons. The summed E-state index contributed by atoms with van der Waals surface area (Å²) in [6.07, 6.45) is 1.18. The highest BCUT2D eigenvalue weighted by molar-refractivity contribution is 5.95. The minimum absolute atomic E-state index is 0.460. The highest BCUT2D eigenvalue weighted by atomic mass is 19.3. The summed E-state index contributed by atoms with van der Waals surface area (Å²) >= 11 is 0. The average molecular weight is 318 g/mol. The first-order chi connectivity index (χ1) is 10.9. The summed E-state index contributed by atoms with van der Waals surface area (Å²) in [4.78, 5) is 20.4. The number of halogens is 2. The van der Waals surface area contributed by atoms with E-state index in [0.29, 0.717) is 11.5 Å². The molecule has 1 aromatic heterocycles. The maximum Gasteiger partial charge on any atom is 0.262 e. The molecule has 1 amide bonds. The third-order valence-corrected chi connectivity index (χ3v) is 3.63. The molecule has 23 heavy (non-hydrogen) atoms. The van der Waals surface area contributed by atoms with Gasteiger partial charge in [0.05, 0.1) is 18.3 Å². The molecule has 1 aliphatic rings. The van der Waals surface area contributed by atoms with Gasteiger partial charge in [-0.05, 0) is 25.1 Å². The zero-order valence-corrected chi connectivity index (χ0v) is 12.5. The van der Waals surface area contributed by atoms with Crippen LogP contribution in [0.4, 0.5) is 14.5 Å². The molecule has 0 bridgehead atoms. The maximum absolute atomic E-state index is 13.2. The Morgan fingerprint density at radius 2 is 2.22 bits per heavy atom. The van der Waals surface area contributed by atoms with Crippen molar-refractivity contribution in [2.75, 3.05) is 11.9 Å². The Hall–Kier alpha value is -2.41. The molecule has 2 aromatic rings. The number of benzene rings is 1. The van der Waals surface area contributed by atoms with Crippen molar-refractivity contribution in [2.24, 2.45) is 0 Å². The van der Waals surface area contributed by atoms with E-state index in [4.69, 9.17) is 0 Å². The van der Waals surface area contributed by atoms with E-state index in [1.807, 2.05) is 6.07 Å². The van der Waals surface area contributed by atoms with Crippen LogP contribution in [0.2, 0.25) is 0 Å². The maximum atomic E-state index is 13.2. The zero-order valence-electron chi connectivity index (χ0n) is 12.5. The van der Waals surface area contributed by atoms with Crippen LogP contribution in [0.15, 0.2) is 36.5 Å². The number of carbonyl (C=O) groups is 1. The Morgan fingerprint density at radius 3 is 2.91 bits per heavy atom. The van der Waals surface area contributed by atoms with E-state index in [1.54, 1.807) is 37.4 Å². The van der Waals surface area contributed by atoms with E-state index in [9.17, 15) is 13.6 Å². The number of carbonyl (C=O) groups excluding carboxylic acids is 1. The van der Waals surface area contributed by atoms with Crippen LogP contribution in [0.3, 0.4) is 0 Å². The van der Waals surface area contributed by atoms with Gasteiger partial charge in [0.15, 0.2) is 0 Å². The van der Waals surface area contributed by atoms with Gasteiger partial charge in [-0.2, -0.15) is 0 Å². The SMILES string of the molecule is Cc1nccc(-c2cccc(NC(=O)C3CC(F)(F)CN3)c2)n1. The number of anilines is 1. The van der Waals surface area contributed by atoms with Gasteiger partial charge in [-0.25, -0.2) is 18.7 Å². The van der Waals surface area contributed by atoms with Crippen molar-refractivity contribution >= 4 is 11.6 Å². The van der Waals surface area contributed by atoms with Gasteiger partial charge in [0, 0.05) is 23.9 Å². The first-order valence-electron chi connectivity index (χ1n) is 7.25. The monoisotopic (exact) mass is 318 g/mol. The molecule has 1 atom stereocenters. The molecule has 5 nitrogen and oxygen atoms in total. The summed E-state index contributed by atoms with van der Waals surface area (Å²) in [6.45, 7) is 1.33. The Balaban J connectivity index is 1.74. The van der Waals surface area contributed by atoms with Crippen molar-refractivity contribution < 1.29 is 13.6 Å². The van der Waals surface area contributed by atoms with Gasteiger partial charge in [0.25, 0.3) is 5.92 Å². The number of hydrogen-bond acceptors (Lipinski definition) is 4. The lowest BCUT2D eigenvalue weighted by Gasteiger charge is -2.12. The molecule has 0 aliphatic carbocycles. The first kappa shape index (κ1) is 15.5. The van der Waals surface area contributed by atoms with Crippen LogP contribution in [-0.4, -0.2) is 34.4 Å². The minimum atomic E-state index is -2.83. The highest BCUT2D eigenvalue weighted by Gasteiger charge is 2.42. The molecule has 1 fully saturated rings. The summed E-state index contributed by atoms with van der Waals surface area (Å²) in [5, 5.41) is 5.21. The molecule has 1 saturated heterocycles. The minimum Gasteiger partial charge on any atom is -0.325 e. The lowest BCUT2D eigenvalue weighted by Crippen LogP contribution is -2.35. The Morgan fingerprint density at radius 1 is 1.39 bits per heavy atom. The normalized spacial score (nSPS) is 19.5. The summed E-state index contributed by atoms with van der Waals surface area (Å²) in [7, 11) is 0. The van der Waals surface area contributed by atoms with Crippen molar-refractivity contribution in [1.29, 1.82) is 0 Å². The average Bonchev–Trinajstić information content (AvgIpc) is 2.88. The summed E-state index contributed by atoms with van der Waals surface area (Å²) in [5.41, 5.74) is 2.10. The van der Waals surface area contributed by atoms with E-state index in [-0.39, 0.29) is 0 Å². The summed E-state index contributed by atoms with van der Waals surface area (Å²) < 4.78 is 26.3. The topological polar surface area (TPSA) is 66.9 Å². The Kier molecular flexibility index (Phi) is 4.04. The van der Waals surface area contributed by atoms with Crippen molar-refractivity contribution in [3.05, 3.63) is 42.4 Å². The number of aryl methyl sites for hydroxylation is 1. The van der Waals surface area contributed by atoms with Crippen LogP contribution in [0.25, 0.3) is 11.3 Å². The Bertz CT molecular complexity index is 736. The Labute approximate surface area is 132 Å². The molecular formula is C16H16F2N4O. The van der Waals surface area contributed by atoms with E-state index < -0.39 is 30.8 Å². The van der Waals surface area contributed by atoms with E-state index >= 15 is 0 Å². The number of nitrogens with zero attached hydrogens (tertiary/aromatic N) is 2. The molecule has 2 N–H and O–H groups in total. The molecule has 120 valence electrons. The number of hydrogen-bond donors (Lipinski definition) is 2. The number of alkyl halides is 2. The van der Waals surface area contributed by atoms with E-state index in [2.05, 4.69) is 20.6 Å². The lowest BCUT2D eigenvalue weighted by molar-refractivity contribution is -0.118. The number of rotatable bonds is 3. The van der Waals surface area contributed by atoms with Crippen LogP contribution in [0, 0.1) is 6.92 Å². The fraction of sp³-hybridized carbons (Fsp3) is 0.312. The van der Waals surface area contributed by atoms with E-state index in [1.165, 1.54) is 0 Å². The number of nitrogens with one attached hydrogen (secondary N) is 2. The van der Waals surface area contributed by atoms with Crippen molar-refractivity contribution in [2.45, 2.75) is 25.3 Å². The fourth-order valence-corrected chi connectivity index (χ4v) is 2.50. The number of aromatic nitrogens is 2. The molecular weight excluding hydrogens is 302 g/mol. The van der Waals surface area contributed by atoms with Gasteiger partial charge in [0.1, 0.15) is 5.82 Å². The fourth-order valence-electron chi connectivity index (χ4n) is 2.50. The quantitative estimate of drug-likeness (QED) is 0.912. The molecule has 0 spiro atoms. The summed E-state index contributed by atoms with van der Waals surface area (Å²) in [6, 6.07) is 8.00.